The maximum Gasteiger partial charge on any atom is 0.0102 e. The van der Waals surface area contributed by atoms with Gasteiger partial charge in [-0.15, -0.1) is 0 Å². The van der Waals surface area contributed by atoms with Gasteiger partial charge in [0.25, 0.3) is 0 Å². The lowest BCUT2D eigenvalue weighted by Gasteiger charge is -2.10. The molecule has 0 radical (unpaired) electrons. The number of nitrogens with zero attached hydrogens (tertiary/aromatic N) is 1. The zero-order valence-corrected chi connectivity index (χ0v) is 7.77. The van der Waals surface area contributed by atoms with Gasteiger partial charge < -0.3 is 5.73 Å². The monoisotopic (exact) mass is 159 g/mol. The number of hydrogen-bond donors (Lipinski definition) is 2. The minimum atomic E-state index is 0.834. The highest BCUT2D eigenvalue weighted by molar-refractivity contribution is 4.45. The van der Waals surface area contributed by atoms with Crippen LogP contribution in [0, 0.1) is 0 Å². The van der Waals surface area contributed by atoms with Crippen LogP contribution >= 0.6 is 0 Å². The van der Waals surface area contributed by atoms with Crippen LogP contribution < -0.4 is 11.2 Å². The summed E-state index contributed by atoms with van der Waals surface area (Å²) in [6, 6.07) is 0. The van der Waals surface area contributed by atoms with E-state index in [1.54, 1.807) is 0 Å². The first kappa shape index (κ1) is 10.9. The molecule has 11 heavy (non-hydrogen) atoms. The molecule has 0 bridgehead atoms. The van der Waals surface area contributed by atoms with Crippen LogP contribution in [0.5, 0.6) is 0 Å². The summed E-state index contributed by atoms with van der Waals surface area (Å²) >= 11 is 0. The van der Waals surface area contributed by atoms with Gasteiger partial charge in [0.15, 0.2) is 0 Å². The largest absolute Gasteiger partial charge is 0.330 e. The van der Waals surface area contributed by atoms with Gasteiger partial charge in [-0.2, -0.15) is 0 Å². The van der Waals surface area contributed by atoms with Gasteiger partial charge in [-0.3, -0.25) is 10.4 Å². The minimum Gasteiger partial charge on any atom is -0.330 e. The molecule has 0 aliphatic heterocycles. The van der Waals surface area contributed by atoms with E-state index in [1.807, 2.05) is 19.1 Å². The van der Waals surface area contributed by atoms with Crippen LogP contribution in [-0.4, -0.2) is 32.2 Å². The van der Waals surface area contributed by atoms with E-state index in [-0.39, 0.29) is 0 Å². The van der Waals surface area contributed by atoms with E-state index >= 15 is 0 Å². The molecule has 3 nitrogen and oxygen atoms in total. The zero-order valence-electron chi connectivity index (χ0n) is 7.77. The summed E-state index contributed by atoms with van der Waals surface area (Å²) in [6.07, 6.45) is 4.98. The molecule has 68 valence electrons. The molecule has 0 aromatic carbocycles. The van der Waals surface area contributed by atoms with E-state index in [4.69, 9.17) is 5.73 Å². The van der Waals surface area contributed by atoms with Gasteiger partial charge >= 0.3 is 0 Å². The Morgan fingerprint density at radius 2 is 1.73 bits per heavy atom. The molecule has 0 fully saturated rings. The topological polar surface area (TPSA) is 41.3 Å². The molecule has 0 atom stereocenters. The molecule has 0 aromatic rings. The van der Waals surface area contributed by atoms with Crippen molar-refractivity contribution in [3.63, 3.8) is 0 Å². The van der Waals surface area contributed by atoms with Crippen LogP contribution in [0.15, 0.2) is 0 Å². The van der Waals surface area contributed by atoms with E-state index in [0.29, 0.717) is 0 Å². The van der Waals surface area contributed by atoms with E-state index in [2.05, 4.69) is 5.43 Å². The fraction of sp³-hybridized carbons (Fsp3) is 1.00. The lowest BCUT2D eigenvalue weighted by molar-refractivity contribution is 0.286. The molecule has 0 aliphatic rings. The molecule has 0 heterocycles. The summed E-state index contributed by atoms with van der Waals surface area (Å²) in [5.41, 5.74) is 8.59. The van der Waals surface area contributed by atoms with Gasteiger partial charge in [0, 0.05) is 20.6 Å². The number of rotatable bonds is 7. The number of nitrogens with one attached hydrogen (secondary N) is 1. The molecule has 3 N–H and O–H groups in total. The zero-order chi connectivity index (χ0) is 8.53. The summed E-state index contributed by atoms with van der Waals surface area (Å²) in [5, 5.41) is 1.99. The van der Waals surface area contributed by atoms with Gasteiger partial charge in [-0.1, -0.05) is 12.8 Å². The minimum absolute atomic E-state index is 0.834. The Morgan fingerprint density at radius 1 is 1.09 bits per heavy atom. The van der Waals surface area contributed by atoms with Gasteiger partial charge in [0.05, 0.1) is 0 Å². The molecule has 0 rings (SSSR count). The Morgan fingerprint density at radius 3 is 2.27 bits per heavy atom. The molecule has 3 heteroatoms. The number of nitrogens with two attached hydrogens (primary N) is 1. The Labute approximate surface area is 69.9 Å². The van der Waals surface area contributed by atoms with Crippen LogP contribution in [0.25, 0.3) is 0 Å². The SMILES string of the molecule is CN(C)NCCCCCCN. The lowest BCUT2D eigenvalue weighted by atomic mass is 10.2. The molecular formula is C8H21N3. The smallest absolute Gasteiger partial charge is 0.0102 e. The highest BCUT2D eigenvalue weighted by atomic mass is 15.5. The maximum atomic E-state index is 5.37. The van der Waals surface area contributed by atoms with Crippen molar-refractivity contribution < 1.29 is 0 Å². The first-order valence-corrected chi connectivity index (χ1v) is 4.38. The summed E-state index contributed by atoms with van der Waals surface area (Å²) < 4.78 is 0. The third kappa shape index (κ3) is 9.88. The highest BCUT2D eigenvalue weighted by Gasteiger charge is 1.89. The molecule has 0 unspecified atom stereocenters. The molecule has 0 spiro atoms. The second-order valence-corrected chi connectivity index (χ2v) is 3.01. The Balaban J connectivity index is 2.80. The number of hydrogen-bond acceptors (Lipinski definition) is 3. The van der Waals surface area contributed by atoms with E-state index in [0.717, 1.165) is 13.1 Å². The lowest BCUT2D eigenvalue weighted by Crippen LogP contribution is -2.31. The predicted octanol–water partition coefficient (Wildman–Crippen LogP) is 0.572. The second kappa shape index (κ2) is 7.98. The van der Waals surface area contributed by atoms with Crippen molar-refractivity contribution in [2.75, 3.05) is 27.2 Å². The third-order valence-electron chi connectivity index (χ3n) is 1.56. The summed E-state index contributed by atoms with van der Waals surface area (Å²) in [4.78, 5) is 0. The van der Waals surface area contributed by atoms with E-state index < -0.39 is 0 Å². The van der Waals surface area contributed by atoms with Crippen molar-refractivity contribution in [2.24, 2.45) is 5.73 Å². The third-order valence-corrected chi connectivity index (χ3v) is 1.56. The van der Waals surface area contributed by atoms with Crippen molar-refractivity contribution in [1.82, 2.24) is 10.4 Å². The Kier molecular flexibility index (Phi) is 7.89. The molecule has 0 aromatic heterocycles. The van der Waals surface area contributed by atoms with Crippen molar-refractivity contribution in [3.05, 3.63) is 0 Å². The van der Waals surface area contributed by atoms with Crippen LogP contribution in [-0.2, 0) is 0 Å². The summed E-state index contributed by atoms with van der Waals surface area (Å²) in [6.45, 7) is 1.92. The van der Waals surface area contributed by atoms with Gasteiger partial charge in [-0.05, 0) is 19.4 Å². The Hall–Kier alpha value is -0.120. The quantitative estimate of drug-likeness (QED) is 0.421. The highest BCUT2D eigenvalue weighted by Crippen LogP contribution is 1.96. The average molecular weight is 159 g/mol. The van der Waals surface area contributed by atoms with Crippen LogP contribution in [0.4, 0.5) is 0 Å². The van der Waals surface area contributed by atoms with Gasteiger partial charge in [0.2, 0.25) is 0 Å². The van der Waals surface area contributed by atoms with Gasteiger partial charge in [0.1, 0.15) is 0 Å². The molecule has 0 aliphatic carbocycles. The second-order valence-electron chi connectivity index (χ2n) is 3.01. The van der Waals surface area contributed by atoms with Crippen LogP contribution in [0.2, 0.25) is 0 Å². The molecule has 0 saturated heterocycles. The van der Waals surface area contributed by atoms with Crippen molar-refractivity contribution >= 4 is 0 Å². The number of unbranched alkanes of at least 4 members (excludes halogenated alkanes) is 3. The summed E-state index contributed by atoms with van der Waals surface area (Å²) in [7, 11) is 4.03. The fourth-order valence-electron chi connectivity index (χ4n) is 0.926. The normalized spacial score (nSPS) is 10.9. The van der Waals surface area contributed by atoms with Crippen molar-refractivity contribution in [2.45, 2.75) is 25.7 Å². The molecule has 0 saturated carbocycles. The molecule has 0 amide bonds. The average Bonchev–Trinajstić information content (AvgIpc) is 1.96. The first-order valence-electron chi connectivity index (χ1n) is 4.38. The standard InChI is InChI=1S/C8H21N3/c1-11(2)10-8-6-4-3-5-7-9/h10H,3-9H2,1-2H3. The van der Waals surface area contributed by atoms with Crippen molar-refractivity contribution in [1.29, 1.82) is 0 Å². The summed E-state index contributed by atoms with van der Waals surface area (Å²) in [5.74, 6) is 0. The van der Waals surface area contributed by atoms with E-state index in [9.17, 15) is 0 Å². The molecular weight excluding hydrogens is 138 g/mol. The first-order chi connectivity index (χ1) is 5.27. The maximum absolute atomic E-state index is 5.37. The van der Waals surface area contributed by atoms with Gasteiger partial charge in [-0.25, -0.2) is 0 Å². The van der Waals surface area contributed by atoms with Crippen LogP contribution in [0.1, 0.15) is 25.7 Å². The predicted molar refractivity (Wildman–Crippen MR) is 49.2 cm³/mol. The number of hydrazine groups is 1. The van der Waals surface area contributed by atoms with Crippen molar-refractivity contribution in [3.8, 4) is 0 Å². The van der Waals surface area contributed by atoms with E-state index in [1.165, 1.54) is 25.7 Å². The van der Waals surface area contributed by atoms with Crippen LogP contribution in [0.3, 0.4) is 0 Å². The fourth-order valence-corrected chi connectivity index (χ4v) is 0.926. The Bertz CT molecular complexity index is 73.7.